The van der Waals surface area contributed by atoms with Crippen molar-refractivity contribution in [3.63, 3.8) is 0 Å². The molecule has 1 fully saturated rings. The van der Waals surface area contributed by atoms with Crippen LogP contribution in [0.3, 0.4) is 0 Å². The summed E-state index contributed by atoms with van der Waals surface area (Å²) in [7, 11) is 3.24. The normalized spacial score (nSPS) is 14.7. The minimum Gasteiger partial charge on any atom is -0.493 e. The molecular weight excluding hydrogens is 342 g/mol. The molecule has 6 nitrogen and oxygen atoms in total. The molecule has 146 valence electrons. The van der Waals surface area contributed by atoms with E-state index in [9.17, 15) is 4.79 Å². The highest BCUT2D eigenvalue weighted by molar-refractivity contribution is 5.89. The molecule has 0 unspecified atom stereocenters. The van der Waals surface area contributed by atoms with Crippen molar-refractivity contribution in [1.82, 2.24) is 9.78 Å². The van der Waals surface area contributed by atoms with E-state index < -0.39 is 0 Å². The van der Waals surface area contributed by atoms with Crippen molar-refractivity contribution in [3.05, 3.63) is 36.0 Å². The minimum atomic E-state index is 0.0555. The number of anilines is 1. The van der Waals surface area contributed by atoms with Crippen molar-refractivity contribution in [2.45, 2.75) is 51.5 Å². The molecule has 1 saturated carbocycles. The fraction of sp³-hybridized carbons (Fsp3) is 0.524. The smallest absolute Gasteiger partial charge is 0.225 e. The fourth-order valence-corrected chi connectivity index (χ4v) is 3.82. The molecule has 3 rings (SSSR count). The van der Waals surface area contributed by atoms with Gasteiger partial charge in [0.2, 0.25) is 5.91 Å². The van der Waals surface area contributed by atoms with Gasteiger partial charge in [-0.15, -0.1) is 0 Å². The molecule has 27 heavy (non-hydrogen) atoms. The molecule has 6 heteroatoms. The van der Waals surface area contributed by atoms with Crippen molar-refractivity contribution < 1.29 is 14.3 Å². The second-order valence-electron chi connectivity index (χ2n) is 7.12. The number of ether oxygens (including phenoxy) is 2. The molecule has 0 saturated heterocycles. The molecule has 1 N–H and O–H groups in total. The topological polar surface area (TPSA) is 65.4 Å². The Kier molecular flexibility index (Phi) is 6.74. The molecule has 2 aromatic rings. The zero-order valence-electron chi connectivity index (χ0n) is 16.2. The number of benzene rings is 1. The number of amides is 1. The summed E-state index contributed by atoms with van der Waals surface area (Å²) < 4.78 is 12.6. The Morgan fingerprint density at radius 2 is 2.00 bits per heavy atom. The minimum absolute atomic E-state index is 0.0555. The summed E-state index contributed by atoms with van der Waals surface area (Å²) in [6.07, 6.45) is 9.73. The van der Waals surface area contributed by atoms with Crippen molar-refractivity contribution in [2.75, 3.05) is 19.5 Å². The summed E-state index contributed by atoms with van der Waals surface area (Å²) in [4.78, 5) is 12.4. The van der Waals surface area contributed by atoms with Gasteiger partial charge in [-0.25, -0.2) is 4.68 Å². The van der Waals surface area contributed by atoms with Crippen LogP contribution in [0.25, 0.3) is 0 Å². The molecule has 1 aliphatic rings. The van der Waals surface area contributed by atoms with E-state index in [0.29, 0.717) is 36.2 Å². The Hall–Kier alpha value is -2.50. The summed E-state index contributed by atoms with van der Waals surface area (Å²) in [5.74, 6) is 2.83. The molecule has 1 aromatic heterocycles. The SMILES string of the molecule is COc1cccc(Cn2nccc2NC(=O)CCC2CCCCC2)c1OC. The van der Waals surface area contributed by atoms with Gasteiger partial charge in [0, 0.05) is 18.1 Å². The fourth-order valence-electron chi connectivity index (χ4n) is 3.82. The molecule has 1 aromatic carbocycles. The first-order valence-corrected chi connectivity index (χ1v) is 9.72. The highest BCUT2D eigenvalue weighted by Crippen LogP contribution is 2.31. The van der Waals surface area contributed by atoms with Gasteiger partial charge < -0.3 is 14.8 Å². The quantitative estimate of drug-likeness (QED) is 0.753. The molecule has 0 aliphatic heterocycles. The highest BCUT2D eigenvalue weighted by Gasteiger charge is 2.16. The number of hydrogen-bond acceptors (Lipinski definition) is 4. The average Bonchev–Trinajstić information content (AvgIpc) is 3.13. The maximum atomic E-state index is 12.4. The Morgan fingerprint density at radius 3 is 2.74 bits per heavy atom. The molecule has 0 atom stereocenters. The van der Waals surface area contributed by atoms with Crippen molar-refractivity contribution in [2.24, 2.45) is 5.92 Å². The Morgan fingerprint density at radius 1 is 1.19 bits per heavy atom. The van der Waals surface area contributed by atoms with Gasteiger partial charge in [-0.1, -0.05) is 44.2 Å². The summed E-state index contributed by atoms with van der Waals surface area (Å²) in [6.45, 7) is 0.492. The average molecular weight is 371 g/mol. The van der Waals surface area contributed by atoms with Crippen LogP contribution < -0.4 is 14.8 Å². The number of nitrogens with zero attached hydrogens (tertiary/aromatic N) is 2. The van der Waals surface area contributed by atoms with Gasteiger partial charge in [0.1, 0.15) is 5.82 Å². The molecule has 0 radical (unpaired) electrons. The lowest BCUT2D eigenvalue weighted by molar-refractivity contribution is -0.116. The number of carbonyl (C=O) groups excluding carboxylic acids is 1. The summed E-state index contributed by atoms with van der Waals surface area (Å²) in [5, 5.41) is 7.36. The molecule has 0 spiro atoms. The maximum absolute atomic E-state index is 12.4. The Bertz CT molecular complexity index is 751. The monoisotopic (exact) mass is 371 g/mol. The molecule has 0 bridgehead atoms. The number of para-hydroxylation sites is 1. The van der Waals surface area contributed by atoms with Crippen LogP contribution in [0, 0.1) is 5.92 Å². The lowest BCUT2D eigenvalue weighted by Gasteiger charge is -2.21. The molecular formula is C21H29N3O3. The van der Waals surface area contributed by atoms with Crippen LogP contribution in [-0.2, 0) is 11.3 Å². The number of aromatic nitrogens is 2. The summed E-state index contributed by atoms with van der Waals surface area (Å²) >= 11 is 0. The molecule has 1 amide bonds. The summed E-state index contributed by atoms with van der Waals surface area (Å²) in [6, 6.07) is 7.57. The van der Waals surface area contributed by atoms with E-state index >= 15 is 0 Å². The van der Waals surface area contributed by atoms with Crippen molar-refractivity contribution >= 4 is 11.7 Å². The zero-order valence-corrected chi connectivity index (χ0v) is 16.2. The standard InChI is InChI=1S/C21H29N3O3/c1-26-18-10-6-9-17(21(18)27-2)15-24-19(13-14-22-24)23-20(25)12-11-16-7-4-3-5-8-16/h6,9-10,13-14,16H,3-5,7-8,11-12,15H2,1-2H3,(H,23,25). The van der Waals surface area contributed by atoms with Crippen molar-refractivity contribution in [3.8, 4) is 11.5 Å². The van der Waals surface area contributed by atoms with E-state index in [2.05, 4.69) is 10.4 Å². The first-order valence-electron chi connectivity index (χ1n) is 9.72. The number of methoxy groups -OCH3 is 2. The first-order chi connectivity index (χ1) is 13.2. The second kappa shape index (κ2) is 9.44. The number of carbonyl (C=O) groups is 1. The van der Waals surface area contributed by atoms with Crippen LogP contribution >= 0.6 is 0 Å². The van der Waals surface area contributed by atoms with Crippen LogP contribution in [0.2, 0.25) is 0 Å². The lowest BCUT2D eigenvalue weighted by atomic mass is 9.86. The second-order valence-corrected chi connectivity index (χ2v) is 7.12. The van der Waals surface area contributed by atoms with E-state index in [4.69, 9.17) is 9.47 Å². The van der Waals surface area contributed by atoms with E-state index in [1.807, 2.05) is 24.3 Å². The summed E-state index contributed by atoms with van der Waals surface area (Å²) in [5.41, 5.74) is 0.943. The largest absolute Gasteiger partial charge is 0.493 e. The van der Waals surface area contributed by atoms with Crippen LogP contribution in [-0.4, -0.2) is 29.9 Å². The lowest BCUT2D eigenvalue weighted by Crippen LogP contribution is -2.18. The molecule has 1 heterocycles. The third-order valence-corrected chi connectivity index (χ3v) is 5.29. The first kappa shape index (κ1) is 19.3. The highest BCUT2D eigenvalue weighted by atomic mass is 16.5. The molecule has 1 aliphatic carbocycles. The van der Waals surface area contributed by atoms with E-state index in [1.165, 1.54) is 32.1 Å². The van der Waals surface area contributed by atoms with Gasteiger partial charge in [-0.05, 0) is 18.4 Å². The van der Waals surface area contributed by atoms with Gasteiger partial charge in [-0.2, -0.15) is 5.10 Å². The number of nitrogens with one attached hydrogen (secondary N) is 1. The van der Waals surface area contributed by atoms with Gasteiger partial charge in [0.15, 0.2) is 11.5 Å². The van der Waals surface area contributed by atoms with Crippen molar-refractivity contribution in [1.29, 1.82) is 0 Å². The Labute approximate surface area is 160 Å². The predicted octanol–water partition coefficient (Wildman–Crippen LogP) is 4.25. The van der Waals surface area contributed by atoms with Crippen LogP contribution in [0.5, 0.6) is 11.5 Å². The van der Waals surface area contributed by atoms with Gasteiger partial charge in [0.25, 0.3) is 0 Å². The maximum Gasteiger partial charge on any atom is 0.225 e. The number of rotatable bonds is 8. The van der Waals surface area contributed by atoms with Gasteiger partial charge in [-0.3, -0.25) is 4.79 Å². The predicted molar refractivity (Wildman–Crippen MR) is 105 cm³/mol. The Balaban J connectivity index is 1.61. The van der Waals surface area contributed by atoms with Gasteiger partial charge >= 0.3 is 0 Å². The van der Waals surface area contributed by atoms with E-state index in [-0.39, 0.29) is 5.91 Å². The zero-order chi connectivity index (χ0) is 19.1. The number of hydrogen-bond donors (Lipinski definition) is 1. The van der Waals surface area contributed by atoms with Gasteiger partial charge in [0.05, 0.1) is 27.0 Å². The van der Waals surface area contributed by atoms with Crippen LogP contribution in [0.4, 0.5) is 5.82 Å². The van der Waals surface area contributed by atoms with E-state index in [1.54, 1.807) is 25.1 Å². The van der Waals surface area contributed by atoms with Crippen LogP contribution in [0.1, 0.15) is 50.5 Å². The third-order valence-electron chi connectivity index (χ3n) is 5.29. The van der Waals surface area contributed by atoms with E-state index in [0.717, 1.165) is 12.0 Å². The third kappa shape index (κ3) is 5.02. The van der Waals surface area contributed by atoms with Crippen LogP contribution in [0.15, 0.2) is 30.5 Å².